The second-order valence-corrected chi connectivity index (χ2v) is 9.00. The van der Waals surface area contributed by atoms with Gasteiger partial charge in [-0.3, -0.25) is 14.9 Å². The van der Waals surface area contributed by atoms with Crippen molar-refractivity contribution in [1.29, 1.82) is 0 Å². The molecule has 0 saturated heterocycles. The Balaban J connectivity index is 1.53. The fraction of sp³-hybridized carbons (Fsp3) is 0.120. The summed E-state index contributed by atoms with van der Waals surface area (Å²) in [6, 6.07) is 12.7. The number of halogens is 6. The molecule has 1 aromatic heterocycles. The number of anilines is 1. The molecule has 4 rings (SSSR count). The molecule has 4 aromatic rings. The van der Waals surface area contributed by atoms with E-state index in [9.17, 15) is 41.3 Å². The molecule has 0 spiro atoms. The molecule has 0 bridgehead atoms. The van der Waals surface area contributed by atoms with Gasteiger partial charge in [-0.05, 0) is 29.8 Å². The summed E-state index contributed by atoms with van der Waals surface area (Å²) in [6.45, 7) is 0. The van der Waals surface area contributed by atoms with E-state index in [1.165, 1.54) is 29.5 Å². The minimum Gasteiger partial charge on any atom is -0.322 e. The van der Waals surface area contributed by atoms with Gasteiger partial charge in [0.15, 0.2) is 0 Å². The highest BCUT2D eigenvalue weighted by atomic mass is 32.1. The van der Waals surface area contributed by atoms with Gasteiger partial charge in [-0.2, -0.15) is 26.3 Å². The number of rotatable bonds is 6. The standard InChI is InChI=1S/C25H15F6N3O3S/c26-24(27,28)17-5-1-3-14(7-17)8-22-33-21(13-38-22)15-4-2-6-19(10-15)32-23(35)16-9-18(25(29,30)31)12-20(11-16)34(36)37/h1-7,9-13H,8H2,(H,32,35). The van der Waals surface area contributed by atoms with Gasteiger partial charge >= 0.3 is 12.4 Å². The van der Waals surface area contributed by atoms with Gasteiger partial charge in [0, 0.05) is 40.7 Å². The van der Waals surface area contributed by atoms with Crippen LogP contribution in [0.15, 0.2) is 72.1 Å². The molecule has 38 heavy (non-hydrogen) atoms. The third-order valence-electron chi connectivity index (χ3n) is 5.30. The van der Waals surface area contributed by atoms with Crippen molar-refractivity contribution >= 4 is 28.6 Å². The van der Waals surface area contributed by atoms with Crippen molar-refractivity contribution in [3.63, 3.8) is 0 Å². The fourth-order valence-corrected chi connectivity index (χ4v) is 4.37. The highest BCUT2D eigenvalue weighted by molar-refractivity contribution is 7.10. The van der Waals surface area contributed by atoms with Gasteiger partial charge in [0.05, 0.1) is 26.8 Å². The number of nitrogens with zero attached hydrogens (tertiary/aromatic N) is 2. The fourth-order valence-electron chi connectivity index (χ4n) is 3.53. The number of nitro benzene ring substituents is 1. The van der Waals surface area contributed by atoms with Crippen molar-refractivity contribution < 1.29 is 36.1 Å². The van der Waals surface area contributed by atoms with Gasteiger partial charge in [0.2, 0.25) is 0 Å². The van der Waals surface area contributed by atoms with Gasteiger partial charge in [-0.25, -0.2) is 4.98 Å². The number of carbonyl (C=O) groups is 1. The minimum atomic E-state index is -4.89. The zero-order chi connectivity index (χ0) is 27.7. The molecule has 1 amide bonds. The van der Waals surface area contributed by atoms with Crippen LogP contribution >= 0.6 is 11.3 Å². The number of alkyl halides is 6. The first kappa shape index (κ1) is 26.8. The number of carbonyl (C=O) groups excluding carboxylic acids is 1. The molecular formula is C25H15F6N3O3S. The number of nitrogens with one attached hydrogen (secondary N) is 1. The van der Waals surface area contributed by atoms with Crippen molar-refractivity contribution in [2.24, 2.45) is 0 Å². The van der Waals surface area contributed by atoms with Crippen LogP contribution in [0.5, 0.6) is 0 Å². The van der Waals surface area contributed by atoms with Gasteiger partial charge in [-0.1, -0.05) is 30.3 Å². The number of hydrogen-bond donors (Lipinski definition) is 1. The third kappa shape index (κ3) is 6.35. The second kappa shape index (κ2) is 10.2. The topological polar surface area (TPSA) is 85.1 Å². The summed E-state index contributed by atoms with van der Waals surface area (Å²) in [5, 5.41) is 15.7. The molecule has 0 radical (unpaired) electrons. The smallest absolute Gasteiger partial charge is 0.322 e. The van der Waals surface area contributed by atoms with Crippen molar-refractivity contribution in [1.82, 2.24) is 4.98 Å². The molecule has 0 unspecified atom stereocenters. The molecule has 1 heterocycles. The summed E-state index contributed by atoms with van der Waals surface area (Å²) in [5.41, 5.74) is -1.89. The Kier molecular flexibility index (Phi) is 7.22. The lowest BCUT2D eigenvalue weighted by atomic mass is 10.1. The molecule has 3 aromatic carbocycles. The zero-order valence-corrected chi connectivity index (χ0v) is 19.7. The number of aromatic nitrogens is 1. The van der Waals surface area contributed by atoms with Crippen LogP contribution in [-0.4, -0.2) is 15.8 Å². The van der Waals surface area contributed by atoms with Crippen LogP contribution in [0.2, 0.25) is 0 Å². The molecule has 196 valence electrons. The zero-order valence-electron chi connectivity index (χ0n) is 18.9. The van der Waals surface area contributed by atoms with E-state index in [1.807, 2.05) is 0 Å². The van der Waals surface area contributed by atoms with E-state index in [-0.39, 0.29) is 12.1 Å². The Labute approximate surface area is 214 Å². The highest BCUT2D eigenvalue weighted by Crippen LogP contribution is 2.33. The maximum atomic E-state index is 13.1. The van der Waals surface area contributed by atoms with Gasteiger partial charge in [0.1, 0.15) is 0 Å². The molecule has 1 N–H and O–H groups in total. The first-order chi connectivity index (χ1) is 17.8. The SMILES string of the molecule is O=C(Nc1cccc(-c2csc(Cc3cccc(C(F)(F)F)c3)n2)c1)c1cc([N+](=O)[O-])cc(C(F)(F)F)c1. The predicted molar refractivity (Wildman–Crippen MR) is 128 cm³/mol. The summed E-state index contributed by atoms with van der Waals surface area (Å²) in [5.74, 6) is -0.986. The second-order valence-electron chi connectivity index (χ2n) is 8.06. The van der Waals surface area contributed by atoms with Gasteiger partial charge in [0.25, 0.3) is 11.6 Å². The Bertz CT molecular complexity index is 1510. The lowest BCUT2D eigenvalue weighted by molar-refractivity contribution is -0.385. The Morgan fingerprint density at radius 3 is 2.32 bits per heavy atom. The average molecular weight is 551 g/mol. The van der Waals surface area contributed by atoms with Crippen molar-refractivity contribution in [3.05, 3.63) is 109 Å². The van der Waals surface area contributed by atoms with E-state index in [2.05, 4.69) is 10.3 Å². The van der Waals surface area contributed by atoms with Crippen LogP contribution < -0.4 is 5.32 Å². The Morgan fingerprint density at radius 2 is 1.63 bits per heavy atom. The number of benzene rings is 3. The molecular weight excluding hydrogens is 536 g/mol. The maximum Gasteiger partial charge on any atom is 0.416 e. The molecule has 0 aliphatic carbocycles. The highest BCUT2D eigenvalue weighted by Gasteiger charge is 2.33. The van der Waals surface area contributed by atoms with E-state index in [0.717, 1.165) is 18.2 Å². The van der Waals surface area contributed by atoms with Crippen molar-refractivity contribution in [2.45, 2.75) is 18.8 Å². The van der Waals surface area contributed by atoms with Gasteiger partial charge in [-0.15, -0.1) is 11.3 Å². The number of nitro groups is 1. The number of thiazole rings is 1. The van der Waals surface area contributed by atoms with E-state index in [0.29, 0.717) is 34.0 Å². The molecule has 0 saturated carbocycles. The lowest BCUT2D eigenvalue weighted by Gasteiger charge is -2.10. The summed E-state index contributed by atoms with van der Waals surface area (Å²) in [4.78, 5) is 27.1. The van der Waals surface area contributed by atoms with Crippen LogP contribution in [0, 0.1) is 10.1 Å². The normalized spacial score (nSPS) is 11.8. The molecule has 0 atom stereocenters. The molecule has 6 nitrogen and oxygen atoms in total. The summed E-state index contributed by atoms with van der Waals surface area (Å²) < 4.78 is 78.3. The van der Waals surface area contributed by atoms with E-state index in [4.69, 9.17) is 0 Å². The first-order valence-electron chi connectivity index (χ1n) is 10.7. The summed E-state index contributed by atoms with van der Waals surface area (Å²) >= 11 is 1.23. The summed E-state index contributed by atoms with van der Waals surface area (Å²) in [6.07, 6.45) is -9.19. The van der Waals surface area contributed by atoms with Crippen LogP contribution in [0.4, 0.5) is 37.7 Å². The first-order valence-corrected chi connectivity index (χ1v) is 11.6. The Hall–Kier alpha value is -4.26. The van der Waals surface area contributed by atoms with Crippen LogP contribution in [-0.2, 0) is 18.8 Å². The van der Waals surface area contributed by atoms with E-state index >= 15 is 0 Å². The summed E-state index contributed by atoms with van der Waals surface area (Å²) in [7, 11) is 0. The van der Waals surface area contributed by atoms with Crippen molar-refractivity contribution in [3.8, 4) is 11.3 Å². The van der Waals surface area contributed by atoms with E-state index in [1.54, 1.807) is 23.6 Å². The number of amides is 1. The number of hydrogen-bond acceptors (Lipinski definition) is 5. The number of non-ortho nitro benzene ring substituents is 1. The third-order valence-corrected chi connectivity index (χ3v) is 6.14. The molecule has 0 aliphatic heterocycles. The Morgan fingerprint density at radius 1 is 0.921 bits per heavy atom. The molecule has 13 heteroatoms. The van der Waals surface area contributed by atoms with Crippen molar-refractivity contribution in [2.75, 3.05) is 5.32 Å². The van der Waals surface area contributed by atoms with Crippen LogP contribution in [0.25, 0.3) is 11.3 Å². The molecule has 0 aliphatic rings. The van der Waals surface area contributed by atoms with Crippen LogP contribution in [0.1, 0.15) is 32.1 Å². The largest absolute Gasteiger partial charge is 0.416 e. The minimum absolute atomic E-state index is 0.166. The predicted octanol–water partition coefficient (Wildman–Crippen LogP) is 7.60. The average Bonchev–Trinajstić information content (AvgIpc) is 3.31. The quantitative estimate of drug-likeness (QED) is 0.152. The van der Waals surface area contributed by atoms with Gasteiger partial charge < -0.3 is 5.32 Å². The van der Waals surface area contributed by atoms with E-state index < -0.39 is 45.6 Å². The lowest BCUT2D eigenvalue weighted by Crippen LogP contribution is -2.14. The van der Waals surface area contributed by atoms with Crippen LogP contribution in [0.3, 0.4) is 0 Å². The molecule has 0 fully saturated rings. The monoisotopic (exact) mass is 551 g/mol. The maximum absolute atomic E-state index is 13.1.